The van der Waals surface area contributed by atoms with Crippen LogP contribution in [0, 0.1) is 0 Å². The van der Waals surface area contributed by atoms with E-state index in [0.717, 1.165) is 22.1 Å². The Morgan fingerprint density at radius 3 is 2.32 bits per heavy atom. The number of aromatic nitrogens is 1. The Kier molecular flexibility index (Phi) is 7.48. The van der Waals surface area contributed by atoms with E-state index in [9.17, 15) is 0 Å². The second kappa shape index (κ2) is 10.3. The topological polar surface area (TPSA) is 49.8 Å². The van der Waals surface area contributed by atoms with Crippen molar-refractivity contribution in [2.75, 3.05) is 19.8 Å². The van der Waals surface area contributed by atoms with E-state index in [-0.39, 0.29) is 0 Å². The first-order valence-electron chi connectivity index (χ1n) is 9.32. The minimum Gasteiger partial charge on any atom is -0.488 e. The van der Waals surface area contributed by atoms with Gasteiger partial charge < -0.3 is 18.9 Å². The molecule has 3 aromatic rings. The standard InChI is InChI=1S/C22H24ClNO4/c1-3-25-22(26-4-2)15-28-21-12-9-16(13-24-21)14-27-20-11-10-19(23)17-7-5-6-8-18(17)20/h5-13,22H,3-4,14-15H2,1-2H3. The fourth-order valence-electron chi connectivity index (χ4n) is 2.77. The molecule has 0 amide bonds. The molecule has 5 nitrogen and oxygen atoms in total. The molecule has 0 bridgehead atoms. The lowest BCUT2D eigenvalue weighted by Gasteiger charge is -2.17. The molecule has 28 heavy (non-hydrogen) atoms. The van der Waals surface area contributed by atoms with Gasteiger partial charge in [0.1, 0.15) is 19.0 Å². The summed E-state index contributed by atoms with van der Waals surface area (Å²) in [5, 5.41) is 2.67. The highest BCUT2D eigenvalue weighted by molar-refractivity contribution is 6.35. The van der Waals surface area contributed by atoms with Gasteiger partial charge in [-0.25, -0.2) is 4.98 Å². The highest BCUT2D eigenvalue weighted by Gasteiger charge is 2.10. The first kappa shape index (κ1) is 20.4. The van der Waals surface area contributed by atoms with Crippen LogP contribution >= 0.6 is 11.6 Å². The van der Waals surface area contributed by atoms with E-state index in [1.807, 2.05) is 62.4 Å². The summed E-state index contributed by atoms with van der Waals surface area (Å²) in [6, 6.07) is 15.4. The van der Waals surface area contributed by atoms with Crippen molar-refractivity contribution in [2.45, 2.75) is 26.7 Å². The summed E-state index contributed by atoms with van der Waals surface area (Å²) in [6.07, 6.45) is 1.35. The lowest BCUT2D eigenvalue weighted by Crippen LogP contribution is -2.25. The smallest absolute Gasteiger partial charge is 0.213 e. The molecular weight excluding hydrogens is 378 g/mol. The van der Waals surface area contributed by atoms with Crippen molar-refractivity contribution < 1.29 is 18.9 Å². The van der Waals surface area contributed by atoms with Gasteiger partial charge >= 0.3 is 0 Å². The number of ether oxygens (including phenoxy) is 4. The molecule has 1 aromatic heterocycles. The third-order valence-electron chi connectivity index (χ3n) is 4.10. The van der Waals surface area contributed by atoms with E-state index in [2.05, 4.69) is 4.98 Å². The molecule has 0 fully saturated rings. The molecule has 2 aromatic carbocycles. The molecule has 0 unspecified atom stereocenters. The Morgan fingerprint density at radius 1 is 0.893 bits per heavy atom. The summed E-state index contributed by atoms with van der Waals surface area (Å²) in [7, 11) is 0. The van der Waals surface area contributed by atoms with E-state index in [1.54, 1.807) is 6.20 Å². The van der Waals surface area contributed by atoms with Crippen molar-refractivity contribution in [2.24, 2.45) is 0 Å². The molecular formula is C22H24ClNO4. The summed E-state index contributed by atoms with van der Waals surface area (Å²) < 4.78 is 22.5. The number of hydrogen-bond donors (Lipinski definition) is 0. The number of rotatable bonds is 10. The molecule has 0 saturated carbocycles. The molecule has 0 atom stereocenters. The average molecular weight is 402 g/mol. The Hall–Kier alpha value is -2.34. The lowest BCUT2D eigenvalue weighted by atomic mass is 10.1. The van der Waals surface area contributed by atoms with Crippen LogP contribution in [-0.4, -0.2) is 31.1 Å². The normalized spacial score (nSPS) is 11.1. The largest absolute Gasteiger partial charge is 0.488 e. The number of halogens is 1. The molecule has 1 heterocycles. The minimum absolute atomic E-state index is 0.293. The first-order chi connectivity index (χ1) is 13.7. The van der Waals surface area contributed by atoms with E-state index in [1.165, 1.54) is 0 Å². The lowest BCUT2D eigenvalue weighted by molar-refractivity contribution is -0.152. The molecule has 0 N–H and O–H groups in total. The van der Waals surface area contributed by atoms with Crippen molar-refractivity contribution in [3.63, 3.8) is 0 Å². The minimum atomic E-state index is -0.391. The molecule has 0 radical (unpaired) electrons. The van der Waals surface area contributed by atoms with Gasteiger partial charge in [-0.15, -0.1) is 0 Å². The maximum Gasteiger partial charge on any atom is 0.213 e. The van der Waals surface area contributed by atoms with Crippen LogP contribution in [0.1, 0.15) is 19.4 Å². The Morgan fingerprint density at radius 2 is 1.64 bits per heavy atom. The molecule has 0 aliphatic carbocycles. The number of hydrogen-bond acceptors (Lipinski definition) is 5. The molecule has 148 valence electrons. The summed E-state index contributed by atoms with van der Waals surface area (Å²) in [5.41, 5.74) is 0.942. The zero-order chi connectivity index (χ0) is 19.8. The van der Waals surface area contributed by atoms with Gasteiger partial charge in [-0.05, 0) is 32.0 Å². The van der Waals surface area contributed by atoms with Gasteiger partial charge in [0.05, 0.1) is 0 Å². The van der Waals surface area contributed by atoms with E-state index < -0.39 is 6.29 Å². The summed E-state index contributed by atoms with van der Waals surface area (Å²) >= 11 is 6.26. The Balaban J connectivity index is 1.59. The van der Waals surface area contributed by atoms with E-state index in [4.69, 9.17) is 30.5 Å². The molecule has 0 saturated heterocycles. The maximum absolute atomic E-state index is 6.26. The van der Waals surface area contributed by atoms with Crippen LogP contribution < -0.4 is 9.47 Å². The van der Waals surface area contributed by atoms with E-state index >= 15 is 0 Å². The first-order valence-corrected chi connectivity index (χ1v) is 9.70. The average Bonchev–Trinajstić information content (AvgIpc) is 2.73. The van der Waals surface area contributed by atoms with Gasteiger partial charge in [-0.2, -0.15) is 0 Å². The number of benzene rings is 2. The number of fused-ring (bicyclic) bond motifs is 1. The van der Waals surface area contributed by atoms with Crippen LogP contribution in [0.3, 0.4) is 0 Å². The fourth-order valence-corrected chi connectivity index (χ4v) is 3.00. The maximum atomic E-state index is 6.26. The zero-order valence-corrected chi connectivity index (χ0v) is 16.8. The monoisotopic (exact) mass is 401 g/mol. The quantitative estimate of drug-likeness (QED) is 0.434. The predicted octanol–water partition coefficient (Wildman–Crippen LogP) is 5.25. The predicted molar refractivity (Wildman–Crippen MR) is 110 cm³/mol. The van der Waals surface area contributed by atoms with Crippen LogP contribution in [0.15, 0.2) is 54.7 Å². The Labute approximate surface area is 170 Å². The van der Waals surface area contributed by atoms with Gasteiger partial charge in [-0.1, -0.05) is 35.9 Å². The van der Waals surface area contributed by atoms with Crippen LogP contribution in [-0.2, 0) is 16.1 Å². The van der Waals surface area contributed by atoms with Crippen molar-refractivity contribution in [1.82, 2.24) is 4.98 Å². The van der Waals surface area contributed by atoms with Crippen molar-refractivity contribution in [3.05, 3.63) is 65.3 Å². The van der Waals surface area contributed by atoms with Gasteiger partial charge in [0.2, 0.25) is 5.88 Å². The molecule has 0 aliphatic heterocycles. The van der Waals surface area contributed by atoms with Crippen molar-refractivity contribution in [1.29, 1.82) is 0 Å². The highest BCUT2D eigenvalue weighted by Crippen LogP contribution is 2.31. The number of nitrogens with zero attached hydrogens (tertiary/aromatic N) is 1. The molecule has 0 spiro atoms. The Bertz CT molecular complexity index is 879. The third-order valence-corrected chi connectivity index (χ3v) is 4.42. The second-order valence-electron chi connectivity index (χ2n) is 6.04. The summed E-state index contributed by atoms with van der Waals surface area (Å²) in [4.78, 5) is 4.33. The number of pyridine rings is 1. The zero-order valence-electron chi connectivity index (χ0n) is 16.1. The SMILES string of the molecule is CCOC(COc1ccc(COc2ccc(Cl)c3ccccc23)cn1)OCC. The van der Waals surface area contributed by atoms with Gasteiger partial charge in [0.15, 0.2) is 6.29 Å². The van der Waals surface area contributed by atoms with Crippen LogP contribution in [0.4, 0.5) is 0 Å². The molecule has 0 aliphatic rings. The van der Waals surface area contributed by atoms with Crippen LogP contribution in [0.2, 0.25) is 5.02 Å². The highest BCUT2D eigenvalue weighted by atomic mass is 35.5. The van der Waals surface area contributed by atoms with Crippen molar-refractivity contribution in [3.8, 4) is 11.6 Å². The second-order valence-corrected chi connectivity index (χ2v) is 6.44. The third kappa shape index (κ3) is 5.35. The molecule has 6 heteroatoms. The summed E-state index contributed by atoms with van der Waals surface area (Å²) in [6.45, 7) is 5.67. The van der Waals surface area contributed by atoms with Gasteiger partial charge in [0.25, 0.3) is 0 Å². The molecule has 3 rings (SSSR count). The van der Waals surface area contributed by atoms with Crippen LogP contribution in [0.25, 0.3) is 10.8 Å². The van der Waals surface area contributed by atoms with Gasteiger partial charge in [-0.3, -0.25) is 0 Å². The van der Waals surface area contributed by atoms with Crippen LogP contribution in [0.5, 0.6) is 11.6 Å². The van der Waals surface area contributed by atoms with Gasteiger partial charge in [0, 0.05) is 46.8 Å². The van der Waals surface area contributed by atoms with Crippen molar-refractivity contribution >= 4 is 22.4 Å². The fraction of sp³-hybridized carbons (Fsp3) is 0.318. The van der Waals surface area contributed by atoms with E-state index in [0.29, 0.717) is 37.3 Å². The summed E-state index contributed by atoms with van der Waals surface area (Å²) in [5.74, 6) is 1.31.